The molecule has 4 rings (SSSR count). The molecule has 0 aromatic heterocycles. The van der Waals surface area contributed by atoms with E-state index in [4.69, 9.17) is 4.74 Å². The Balaban J connectivity index is 1.32. The van der Waals surface area contributed by atoms with E-state index in [1.807, 2.05) is 18.2 Å². The summed E-state index contributed by atoms with van der Waals surface area (Å²) >= 11 is 0. The number of ether oxygens (including phenoxy) is 1. The Morgan fingerprint density at radius 2 is 1.67 bits per heavy atom. The lowest BCUT2D eigenvalue weighted by molar-refractivity contribution is -0.138. The van der Waals surface area contributed by atoms with Gasteiger partial charge in [0, 0.05) is 26.2 Å². The van der Waals surface area contributed by atoms with Crippen molar-refractivity contribution in [2.24, 2.45) is 0 Å². The van der Waals surface area contributed by atoms with Crippen molar-refractivity contribution in [3.8, 4) is 5.75 Å². The molecule has 0 saturated carbocycles. The van der Waals surface area contributed by atoms with E-state index in [0.29, 0.717) is 11.4 Å². The van der Waals surface area contributed by atoms with Crippen LogP contribution >= 0.6 is 0 Å². The highest BCUT2D eigenvalue weighted by atomic mass is 32.2. The highest BCUT2D eigenvalue weighted by molar-refractivity contribution is 7.88. The van der Waals surface area contributed by atoms with Gasteiger partial charge in [0.1, 0.15) is 5.75 Å². The zero-order chi connectivity index (χ0) is 21.1. The normalized spacial score (nSPS) is 19.5. The highest BCUT2D eigenvalue weighted by Crippen LogP contribution is 2.29. The Morgan fingerprint density at radius 3 is 2.40 bits per heavy atom. The second-order valence-electron chi connectivity index (χ2n) is 7.32. The van der Waals surface area contributed by atoms with Crippen molar-refractivity contribution >= 4 is 27.5 Å². The SMILES string of the molecule is O=C1Nc2ccccc2O[C@@H]1CC(=O)N1CCN(S(=O)(=O)Cc2ccccc2)CC1. The first-order valence-electron chi connectivity index (χ1n) is 9.78. The van der Waals surface area contributed by atoms with Gasteiger partial charge in [-0.05, 0) is 17.7 Å². The van der Waals surface area contributed by atoms with Crippen LogP contribution in [0, 0.1) is 0 Å². The van der Waals surface area contributed by atoms with Crippen LogP contribution in [0.15, 0.2) is 54.6 Å². The molecule has 0 spiro atoms. The number of nitrogens with one attached hydrogen (secondary N) is 1. The average Bonchev–Trinajstić information content (AvgIpc) is 2.75. The second-order valence-corrected chi connectivity index (χ2v) is 9.29. The number of fused-ring (bicyclic) bond motifs is 1. The Labute approximate surface area is 175 Å². The molecule has 1 fully saturated rings. The van der Waals surface area contributed by atoms with Crippen molar-refractivity contribution in [1.82, 2.24) is 9.21 Å². The number of sulfonamides is 1. The van der Waals surface area contributed by atoms with Gasteiger partial charge in [0.05, 0.1) is 17.9 Å². The number of anilines is 1. The molecular formula is C21H23N3O5S. The Bertz CT molecular complexity index is 1030. The molecule has 2 heterocycles. The topological polar surface area (TPSA) is 96.0 Å². The van der Waals surface area contributed by atoms with Crippen LogP contribution in [-0.4, -0.2) is 61.7 Å². The van der Waals surface area contributed by atoms with Crippen LogP contribution in [-0.2, 0) is 25.4 Å². The summed E-state index contributed by atoms with van der Waals surface area (Å²) in [7, 11) is -3.45. The van der Waals surface area contributed by atoms with E-state index in [9.17, 15) is 18.0 Å². The molecule has 158 valence electrons. The third kappa shape index (κ3) is 4.47. The molecule has 1 N–H and O–H groups in total. The van der Waals surface area contributed by atoms with Gasteiger partial charge in [0.15, 0.2) is 6.10 Å². The van der Waals surface area contributed by atoms with Gasteiger partial charge < -0.3 is 15.0 Å². The molecule has 2 aromatic carbocycles. The number of nitrogens with zero attached hydrogens (tertiary/aromatic N) is 2. The maximum Gasteiger partial charge on any atom is 0.266 e. The minimum atomic E-state index is -3.45. The molecule has 0 aliphatic carbocycles. The summed E-state index contributed by atoms with van der Waals surface area (Å²) in [6.45, 7) is 1.05. The van der Waals surface area contributed by atoms with E-state index in [1.165, 1.54) is 4.31 Å². The van der Waals surface area contributed by atoms with Crippen LogP contribution in [0.4, 0.5) is 5.69 Å². The maximum absolute atomic E-state index is 12.7. The fourth-order valence-electron chi connectivity index (χ4n) is 3.61. The molecule has 8 nitrogen and oxygen atoms in total. The van der Waals surface area contributed by atoms with E-state index in [0.717, 1.165) is 5.56 Å². The van der Waals surface area contributed by atoms with E-state index in [1.54, 1.807) is 41.3 Å². The number of carbonyl (C=O) groups excluding carboxylic acids is 2. The number of piperazine rings is 1. The minimum absolute atomic E-state index is 0.0583. The predicted octanol–water partition coefficient (Wildman–Crippen LogP) is 1.45. The smallest absolute Gasteiger partial charge is 0.266 e. The van der Waals surface area contributed by atoms with Crippen LogP contribution in [0.2, 0.25) is 0 Å². The molecule has 30 heavy (non-hydrogen) atoms. The van der Waals surface area contributed by atoms with Crippen molar-refractivity contribution in [1.29, 1.82) is 0 Å². The summed E-state index contributed by atoms with van der Waals surface area (Å²) in [5.74, 6) is -0.107. The van der Waals surface area contributed by atoms with Gasteiger partial charge in [-0.15, -0.1) is 0 Å². The first-order chi connectivity index (χ1) is 14.4. The van der Waals surface area contributed by atoms with Crippen molar-refractivity contribution < 1.29 is 22.7 Å². The van der Waals surface area contributed by atoms with Gasteiger partial charge in [-0.3, -0.25) is 9.59 Å². The zero-order valence-electron chi connectivity index (χ0n) is 16.4. The molecule has 9 heteroatoms. The second kappa shape index (κ2) is 8.45. The van der Waals surface area contributed by atoms with Crippen molar-refractivity contribution in [2.45, 2.75) is 18.3 Å². The quantitative estimate of drug-likeness (QED) is 0.776. The summed E-state index contributed by atoms with van der Waals surface area (Å²) in [4.78, 5) is 26.5. The molecule has 2 aliphatic rings. The van der Waals surface area contributed by atoms with Crippen molar-refractivity contribution in [2.75, 3.05) is 31.5 Å². The molecular weight excluding hydrogens is 406 g/mol. The molecule has 1 atom stereocenters. The van der Waals surface area contributed by atoms with E-state index < -0.39 is 16.1 Å². The summed E-state index contributed by atoms with van der Waals surface area (Å²) in [6, 6.07) is 16.1. The molecule has 0 radical (unpaired) electrons. The Hall–Kier alpha value is -2.91. The van der Waals surface area contributed by atoms with Crippen LogP contribution in [0.5, 0.6) is 5.75 Å². The number of para-hydroxylation sites is 2. The Morgan fingerprint density at radius 1 is 1.00 bits per heavy atom. The van der Waals surface area contributed by atoms with Gasteiger partial charge in [-0.25, -0.2) is 8.42 Å². The lowest BCUT2D eigenvalue weighted by Gasteiger charge is -2.35. The summed E-state index contributed by atoms with van der Waals surface area (Å²) < 4.78 is 32.4. The average molecular weight is 429 g/mol. The van der Waals surface area contributed by atoms with Crippen molar-refractivity contribution in [3.63, 3.8) is 0 Å². The lowest BCUT2D eigenvalue weighted by Crippen LogP contribution is -2.52. The molecule has 0 unspecified atom stereocenters. The van der Waals surface area contributed by atoms with Gasteiger partial charge in [0.2, 0.25) is 15.9 Å². The molecule has 1 saturated heterocycles. The first-order valence-corrected chi connectivity index (χ1v) is 11.4. The van der Waals surface area contributed by atoms with Crippen molar-refractivity contribution in [3.05, 3.63) is 60.2 Å². The number of benzene rings is 2. The largest absolute Gasteiger partial charge is 0.478 e. The number of carbonyl (C=O) groups is 2. The van der Waals surface area contributed by atoms with Gasteiger partial charge in [-0.1, -0.05) is 42.5 Å². The van der Waals surface area contributed by atoms with Crippen LogP contribution < -0.4 is 10.1 Å². The molecule has 2 aliphatic heterocycles. The highest BCUT2D eigenvalue weighted by Gasteiger charge is 2.33. The number of rotatable bonds is 5. The predicted molar refractivity (Wildman–Crippen MR) is 111 cm³/mol. The third-order valence-electron chi connectivity index (χ3n) is 5.24. The number of amides is 2. The minimum Gasteiger partial charge on any atom is -0.478 e. The number of hydrogen-bond acceptors (Lipinski definition) is 5. The van der Waals surface area contributed by atoms with E-state index in [2.05, 4.69) is 5.32 Å². The maximum atomic E-state index is 12.7. The van der Waals surface area contributed by atoms with Crippen LogP contribution in [0.1, 0.15) is 12.0 Å². The number of hydrogen-bond donors (Lipinski definition) is 1. The molecule has 2 aromatic rings. The van der Waals surface area contributed by atoms with Crippen LogP contribution in [0.25, 0.3) is 0 Å². The standard InChI is InChI=1S/C21H23N3O5S/c25-20(14-19-21(26)22-17-8-4-5-9-18(17)29-19)23-10-12-24(13-11-23)30(27,28)15-16-6-2-1-3-7-16/h1-9,19H,10-15H2,(H,22,26)/t19-/m1/s1. The monoisotopic (exact) mass is 429 g/mol. The van der Waals surface area contributed by atoms with E-state index >= 15 is 0 Å². The van der Waals surface area contributed by atoms with Crippen LogP contribution in [0.3, 0.4) is 0 Å². The van der Waals surface area contributed by atoms with Gasteiger partial charge in [0.25, 0.3) is 5.91 Å². The van der Waals surface area contributed by atoms with Gasteiger partial charge >= 0.3 is 0 Å². The zero-order valence-corrected chi connectivity index (χ0v) is 17.2. The van der Waals surface area contributed by atoms with Gasteiger partial charge in [-0.2, -0.15) is 4.31 Å². The summed E-state index contributed by atoms with van der Waals surface area (Å²) in [5, 5.41) is 2.75. The summed E-state index contributed by atoms with van der Waals surface area (Å²) in [6.07, 6.45) is -0.982. The Kier molecular flexibility index (Phi) is 5.74. The lowest BCUT2D eigenvalue weighted by atomic mass is 10.1. The molecule has 0 bridgehead atoms. The first kappa shape index (κ1) is 20.4. The molecule has 2 amide bonds. The fourth-order valence-corrected chi connectivity index (χ4v) is 5.12. The van der Waals surface area contributed by atoms with E-state index in [-0.39, 0.29) is 50.2 Å². The summed E-state index contributed by atoms with van der Waals surface area (Å²) in [5.41, 5.74) is 1.32. The fraction of sp³-hybridized carbons (Fsp3) is 0.333. The third-order valence-corrected chi connectivity index (χ3v) is 7.09.